The Hall–Kier alpha value is -2.51. The van der Waals surface area contributed by atoms with E-state index < -0.39 is 35.7 Å². The first-order valence-electron chi connectivity index (χ1n) is 5.91. The standard InChI is InChI=1S/C13H14F2N2O4/c1-17(2)11(19)6-16-10(18)7-21-13(20)12-8(14)4-3-5-9(12)15/h3-5H,6-7H2,1-2H3,(H,16,18). The molecule has 1 N–H and O–H groups in total. The third-order valence-electron chi connectivity index (χ3n) is 2.44. The van der Waals surface area contributed by atoms with E-state index in [0.717, 1.165) is 18.2 Å². The van der Waals surface area contributed by atoms with Gasteiger partial charge in [0.1, 0.15) is 17.2 Å². The van der Waals surface area contributed by atoms with Crippen LogP contribution >= 0.6 is 0 Å². The lowest BCUT2D eigenvalue weighted by Gasteiger charge is -2.11. The van der Waals surface area contributed by atoms with Crippen LogP contribution in [-0.2, 0) is 14.3 Å². The van der Waals surface area contributed by atoms with Crippen LogP contribution in [0.3, 0.4) is 0 Å². The SMILES string of the molecule is CN(C)C(=O)CNC(=O)COC(=O)c1c(F)cccc1F. The number of likely N-dealkylation sites (N-methyl/N-ethyl adjacent to an activating group) is 1. The molecule has 114 valence electrons. The fourth-order valence-electron chi connectivity index (χ4n) is 1.28. The molecule has 0 aliphatic heterocycles. The molecule has 2 amide bonds. The fraction of sp³-hybridized carbons (Fsp3) is 0.308. The van der Waals surface area contributed by atoms with Gasteiger partial charge >= 0.3 is 5.97 Å². The topological polar surface area (TPSA) is 75.7 Å². The molecule has 0 unspecified atom stereocenters. The molecule has 1 aromatic rings. The average Bonchev–Trinajstić information content (AvgIpc) is 2.42. The zero-order chi connectivity index (χ0) is 16.0. The van der Waals surface area contributed by atoms with Crippen molar-refractivity contribution in [2.75, 3.05) is 27.2 Å². The highest BCUT2D eigenvalue weighted by Gasteiger charge is 2.19. The number of carbonyl (C=O) groups excluding carboxylic acids is 3. The van der Waals surface area contributed by atoms with E-state index in [-0.39, 0.29) is 12.5 Å². The number of ether oxygens (including phenoxy) is 1. The summed E-state index contributed by atoms with van der Waals surface area (Å²) in [5.74, 6) is -4.56. The summed E-state index contributed by atoms with van der Waals surface area (Å²) in [4.78, 5) is 35.3. The highest BCUT2D eigenvalue weighted by Crippen LogP contribution is 2.13. The molecule has 0 spiro atoms. The van der Waals surface area contributed by atoms with Crippen molar-refractivity contribution >= 4 is 17.8 Å². The summed E-state index contributed by atoms with van der Waals surface area (Å²) in [5.41, 5.74) is -0.866. The van der Waals surface area contributed by atoms with Crippen LogP contribution < -0.4 is 5.32 Å². The molecule has 0 aliphatic rings. The van der Waals surface area contributed by atoms with Gasteiger partial charge in [-0.1, -0.05) is 6.07 Å². The highest BCUT2D eigenvalue weighted by atomic mass is 19.1. The van der Waals surface area contributed by atoms with Crippen molar-refractivity contribution in [2.45, 2.75) is 0 Å². The normalized spacial score (nSPS) is 9.90. The van der Waals surface area contributed by atoms with Crippen molar-refractivity contribution in [3.05, 3.63) is 35.4 Å². The number of benzene rings is 1. The van der Waals surface area contributed by atoms with Crippen LogP contribution in [0.2, 0.25) is 0 Å². The third kappa shape index (κ3) is 4.83. The number of halogens is 2. The number of esters is 1. The number of nitrogens with zero attached hydrogens (tertiary/aromatic N) is 1. The van der Waals surface area contributed by atoms with Crippen molar-refractivity contribution in [2.24, 2.45) is 0 Å². The fourth-order valence-corrected chi connectivity index (χ4v) is 1.28. The molecule has 0 aromatic heterocycles. The van der Waals surface area contributed by atoms with Crippen LogP contribution in [0.4, 0.5) is 8.78 Å². The van der Waals surface area contributed by atoms with Gasteiger partial charge in [-0.15, -0.1) is 0 Å². The molecule has 21 heavy (non-hydrogen) atoms. The van der Waals surface area contributed by atoms with Gasteiger partial charge in [-0.05, 0) is 12.1 Å². The molecule has 1 aromatic carbocycles. The quantitative estimate of drug-likeness (QED) is 0.795. The second-order valence-corrected chi connectivity index (χ2v) is 4.24. The Bertz CT molecular complexity index is 541. The molecule has 6 nitrogen and oxygen atoms in total. The van der Waals surface area contributed by atoms with Crippen LogP contribution in [0.15, 0.2) is 18.2 Å². The Labute approximate surface area is 119 Å². The van der Waals surface area contributed by atoms with Gasteiger partial charge in [-0.3, -0.25) is 9.59 Å². The van der Waals surface area contributed by atoms with E-state index in [1.54, 1.807) is 0 Å². The molecule has 0 saturated carbocycles. The average molecular weight is 300 g/mol. The second-order valence-electron chi connectivity index (χ2n) is 4.24. The number of carbonyl (C=O) groups is 3. The Kier molecular flexibility index (Phi) is 5.77. The molecule has 0 aliphatic carbocycles. The lowest BCUT2D eigenvalue weighted by molar-refractivity contribution is -0.131. The van der Waals surface area contributed by atoms with Gasteiger partial charge in [-0.25, -0.2) is 13.6 Å². The maximum absolute atomic E-state index is 13.3. The van der Waals surface area contributed by atoms with Gasteiger partial charge < -0.3 is 15.0 Å². The number of hydrogen-bond donors (Lipinski definition) is 1. The van der Waals surface area contributed by atoms with E-state index in [2.05, 4.69) is 10.1 Å². The van der Waals surface area contributed by atoms with Crippen molar-refractivity contribution in [3.63, 3.8) is 0 Å². The zero-order valence-corrected chi connectivity index (χ0v) is 11.5. The van der Waals surface area contributed by atoms with Crippen LogP contribution in [0, 0.1) is 11.6 Å². The summed E-state index contributed by atoms with van der Waals surface area (Å²) in [6, 6.07) is 2.89. The van der Waals surface area contributed by atoms with E-state index in [4.69, 9.17) is 0 Å². The number of nitrogens with one attached hydrogen (secondary N) is 1. The number of amides is 2. The van der Waals surface area contributed by atoms with Crippen molar-refractivity contribution in [3.8, 4) is 0 Å². The Morgan fingerprint density at radius 2 is 1.76 bits per heavy atom. The van der Waals surface area contributed by atoms with E-state index in [1.807, 2.05) is 0 Å². The molecule has 0 atom stereocenters. The first-order chi connectivity index (χ1) is 9.82. The summed E-state index contributed by atoms with van der Waals surface area (Å²) in [7, 11) is 3.02. The molecule has 8 heteroatoms. The highest BCUT2D eigenvalue weighted by molar-refractivity contribution is 5.92. The minimum atomic E-state index is -1.29. The Balaban J connectivity index is 2.50. The van der Waals surface area contributed by atoms with Gasteiger partial charge in [0, 0.05) is 14.1 Å². The smallest absolute Gasteiger partial charge is 0.344 e. The Morgan fingerprint density at radius 1 is 1.19 bits per heavy atom. The van der Waals surface area contributed by atoms with Gasteiger partial charge in [0.2, 0.25) is 5.91 Å². The van der Waals surface area contributed by atoms with Gasteiger partial charge in [0.05, 0.1) is 6.54 Å². The van der Waals surface area contributed by atoms with E-state index in [9.17, 15) is 23.2 Å². The lowest BCUT2D eigenvalue weighted by Crippen LogP contribution is -2.38. The van der Waals surface area contributed by atoms with Gasteiger partial charge in [0.15, 0.2) is 6.61 Å². The largest absolute Gasteiger partial charge is 0.452 e. The first kappa shape index (κ1) is 16.5. The van der Waals surface area contributed by atoms with Crippen LogP contribution in [-0.4, -0.2) is 49.9 Å². The zero-order valence-electron chi connectivity index (χ0n) is 11.5. The second kappa shape index (κ2) is 7.32. The van der Waals surface area contributed by atoms with E-state index in [0.29, 0.717) is 0 Å². The minimum absolute atomic E-state index is 0.266. The molecular formula is C13H14F2N2O4. The third-order valence-corrected chi connectivity index (χ3v) is 2.44. The predicted octanol–water partition coefficient (Wildman–Crippen LogP) is 0.326. The van der Waals surface area contributed by atoms with E-state index >= 15 is 0 Å². The van der Waals surface area contributed by atoms with Gasteiger partial charge in [0.25, 0.3) is 5.91 Å². The predicted molar refractivity (Wildman–Crippen MR) is 68.3 cm³/mol. The molecule has 1 rings (SSSR count). The van der Waals surface area contributed by atoms with Crippen molar-refractivity contribution in [1.29, 1.82) is 0 Å². The Morgan fingerprint density at radius 3 is 2.29 bits per heavy atom. The molecular weight excluding hydrogens is 286 g/mol. The first-order valence-corrected chi connectivity index (χ1v) is 5.91. The summed E-state index contributed by atoms with van der Waals surface area (Å²) in [6.45, 7) is -1.01. The summed E-state index contributed by atoms with van der Waals surface area (Å²) in [5, 5.41) is 2.20. The summed E-state index contributed by atoms with van der Waals surface area (Å²) >= 11 is 0. The van der Waals surface area contributed by atoms with Crippen LogP contribution in [0.1, 0.15) is 10.4 Å². The van der Waals surface area contributed by atoms with E-state index in [1.165, 1.54) is 19.0 Å². The number of hydrogen-bond acceptors (Lipinski definition) is 4. The van der Waals surface area contributed by atoms with Crippen LogP contribution in [0.25, 0.3) is 0 Å². The minimum Gasteiger partial charge on any atom is -0.452 e. The molecule has 0 heterocycles. The van der Waals surface area contributed by atoms with Gasteiger partial charge in [-0.2, -0.15) is 0 Å². The monoisotopic (exact) mass is 300 g/mol. The molecule has 0 radical (unpaired) electrons. The maximum atomic E-state index is 13.3. The number of rotatable bonds is 5. The summed E-state index contributed by atoms with van der Waals surface area (Å²) in [6.07, 6.45) is 0. The lowest BCUT2D eigenvalue weighted by atomic mass is 10.2. The summed E-state index contributed by atoms with van der Waals surface area (Å²) < 4.78 is 31.0. The van der Waals surface area contributed by atoms with Crippen molar-refractivity contribution < 1.29 is 27.9 Å². The maximum Gasteiger partial charge on any atom is 0.344 e. The van der Waals surface area contributed by atoms with Crippen LogP contribution in [0.5, 0.6) is 0 Å². The molecule has 0 fully saturated rings. The molecule has 0 bridgehead atoms. The van der Waals surface area contributed by atoms with Crippen molar-refractivity contribution in [1.82, 2.24) is 10.2 Å². The molecule has 0 saturated heterocycles.